The van der Waals surface area contributed by atoms with Gasteiger partial charge >= 0.3 is 5.97 Å². The summed E-state index contributed by atoms with van der Waals surface area (Å²) in [4.78, 5) is 11.0. The highest BCUT2D eigenvalue weighted by molar-refractivity contribution is 7.89. The van der Waals surface area contributed by atoms with Gasteiger partial charge in [0.1, 0.15) is 22.5 Å². The minimum absolute atomic E-state index is 0.0214. The van der Waals surface area contributed by atoms with Crippen LogP contribution in [0.25, 0.3) is 0 Å². The molecule has 7 heteroatoms. The molecule has 1 atom stereocenters. The maximum Gasteiger partial charge on any atom is 0.322 e. The zero-order valence-corrected chi connectivity index (χ0v) is 11.5. The standard InChI is InChI=1S/C11H17NO5S/c1-6(2)10(11(13)14)12-18(15,16)9-5-7(3)17-8(9)4/h5-6,10,12H,1-4H3,(H,13,14)/t10-/m0/s1. The molecule has 0 aliphatic rings. The zero-order valence-electron chi connectivity index (χ0n) is 10.7. The molecule has 1 aromatic rings. The van der Waals surface area contributed by atoms with Gasteiger partial charge in [-0.1, -0.05) is 13.8 Å². The quantitative estimate of drug-likeness (QED) is 0.843. The van der Waals surface area contributed by atoms with E-state index in [1.54, 1.807) is 20.8 Å². The third-order valence-corrected chi connectivity index (χ3v) is 4.05. The Morgan fingerprint density at radius 3 is 2.28 bits per heavy atom. The molecule has 6 nitrogen and oxygen atoms in total. The number of aliphatic carboxylic acids is 1. The van der Waals surface area contributed by atoms with Crippen LogP contribution >= 0.6 is 0 Å². The average molecular weight is 275 g/mol. The van der Waals surface area contributed by atoms with Crippen LogP contribution in [0.4, 0.5) is 0 Å². The SMILES string of the molecule is Cc1cc(S(=O)(=O)N[C@H](C(=O)O)C(C)C)c(C)o1. The van der Waals surface area contributed by atoms with Crippen LogP contribution in [0.15, 0.2) is 15.4 Å². The van der Waals surface area contributed by atoms with Gasteiger partial charge in [0.05, 0.1) is 0 Å². The van der Waals surface area contributed by atoms with E-state index in [-0.39, 0.29) is 16.6 Å². The summed E-state index contributed by atoms with van der Waals surface area (Å²) in [5.41, 5.74) is 0. The van der Waals surface area contributed by atoms with E-state index in [0.717, 1.165) is 0 Å². The fourth-order valence-electron chi connectivity index (χ4n) is 1.58. The van der Waals surface area contributed by atoms with Crippen molar-refractivity contribution in [2.24, 2.45) is 5.92 Å². The number of hydrogen-bond donors (Lipinski definition) is 2. The van der Waals surface area contributed by atoms with Gasteiger partial charge < -0.3 is 9.52 Å². The number of rotatable bonds is 5. The van der Waals surface area contributed by atoms with Gasteiger partial charge in [-0.15, -0.1) is 0 Å². The molecule has 0 saturated carbocycles. The van der Waals surface area contributed by atoms with Crippen LogP contribution in [0.3, 0.4) is 0 Å². The van der Waals surface area contributed by atoms with Crippen LogP contribution in [0.2, 0.25) is 0 Å². The van der Waals surface area contributed by atoms with E-state index in [0.29, 0.717) is 5.76 Å². The van der Waals surface area contributed by atoms with E-state index >= 15 is 0 Å². The van der Waals surface area contributed by atoms with E-state index < -0.39 is 22.0 Å². The Morgan fingerprint density at radius 1 is 1.39 bits per heavy atom. The van der Waals surface area contributed by atoms with Gasteiger partial charge in [0.2, 0.25) is 10.0 Å². The van der Waals surface area contributed by atoms with Gasteiger partial charge in [-0.25, -0.2) is 8.42 Å². The number of sulfonamides is 1. The van der Waals surface area contributed by atoms with Crippen molar-refractivity contribution in [3.63, 3.8) is 0 Å². The number of carboxylic acid groups (broad SMARTS) is 1. The van der Waals surface area contributed by atoms with Crippen LogP contribution in [0.1, 0.15) is 25.4 Å². The van der Waals surface area contributed by atoms with Crippen LogP contribution < -0.4 is 4.72 Å². The van der Waals surface area contributed by atoms with Crippen molar-refractivity contribution < 1.29 is 22.7 Å². The summed E-state index contributed by atoms with van der Waals surface area (Å²) in [7, 11) is -3.88. The first-order valence-electron chi connectivity index (χ1n) is 5.47. The second-order valence-corrected chi connectivity index (χ2v) is 6.14. The third-order valence-electron chi connectivity index (χ3n) is 2.50. The molecule has 0 amide bonds. The number of aryl methyl sites for hydroxylation is 2. The maximum atomic E-state index is 12.1. The highest BCUT2D eigenvalue weighted by atomic mass is 32.2. The summed E-state index contributed by atoms with van der Waals surface area (Å²) in [6, 6.07) is 0.210. The van der Waals surface area contributed by atoms with Crippen LogP contribution in [-0.4, -0.2) is 25.5 Å². The van der Waals surface area contributed by atoms with Crippen molar-refractivity contribution in [2.45, 2.75) is 38.6 Å². The molecule has 0 spiro atoms. The minimum Gasteiger partial charge on any atom is -0.480 e. The van der Waals surface area contributed by atoms with Crippen LogP contribution in [-0.2, 0) is 14.8 Å². The molecular formula is C11H17NO5S. The summed E-state index contributed by atoms with van der Waals surface area (Å²) < 4.78 is 31.4. The highest BCUT2D eigenvalue weighted by Crippen LogP contribution is 2.20. The Labute approximate surface area is 106 Å². The van der Waals surface area contributed by atoms with E-state index in [4.69, 9.17) is 9.52 Å². The van der Waals surface area contributed by atoms with Gasteiger partial charge in [0, 0.05) is 0 Å². The molecule has 0 aliphatic heterocycles. The smallest absolute Gasteiger partial charge is 0.322 e. The fraction of sp³-hybridized carbons (Fsp3) is 0.545. The Hall–Kier alpha value is -1.34. The number of hydrogen-bond acceptors (Lipinski definition) is 4. The fourth-order valence-corrected chi connectivity index (χ4v) is 3.15. The third kappa shape index (κ3) is 3.11. The van der Waals surface area contributed by atoms with Crippen molar-refractivity contribution in [1.29, 1.82) is 0 Å². The summed E-state index contributed by atoms with van der Waals surface area (Å²) in [6.45, 7) is 6.42. The van der Waals surface area contributed by atoms with E-state index in [1.165, 1.54) is 13.0 Å². The largest absolute Gasteiger partial charge is 0.480 e. The molecule has 2 N–H and O–H groups in total. The van der Waals surface area contributed by atoms with E-state index in [9.17, 15) is 13.2 Å². The Balaban J connectivity index is 3.08. The summed E-state index contributed by atoms with van der Waals surface area (Å²) >= 11 is 0. The van der Waals surface area contributed by atoms with Gasteiger partial charge in [0.25, 0.3) is 0 Å². The number of nitrogens with one attached hydrogen (secondary N) is 1. The summed E-state index contributed by atoms with van der Waals surface area (Å²) in [5.74, 6) is -0.853. The normalized spacial score (nSPS) is 13.8. The molecule has 1 heterocycles. The molecule has 0 fully saturated rings. The van der Waals surface area contributed by atoms with Crippen molar-refractivity contribution in [1.82, 2.24) is 4.72 Å². The molecule has 1 rings (SSSR count). The second-order valence-electron chi connectivity index (χ2n) is 4.46. The van der Waals surface area contributed by atoms with Gasteiger partial charge in [0.15, 0.2) is 0 Å². The van der Waals surface area contributed by atoms with E-state index in [1.807, 2.05) is 0 Å². The summed E-state index contributed by atoms with van der Waals surface area (Å²) in [6.07, 6.45) is 0. The monoisotopic (exact) mass is 275 g/mol. The first kappa shape index (κ1) is 14.7. The van der Waals surface area contributed by atoms with Gasteiger partial charge in [-0.2, -0.15) is 4.72 Å². The zero-order chi connectivity index (χ0) is 14.1. The lowest BCUT2D eigenvalue weighted by Crippen LogP contribution is -2.44. The topological polar surface area (TPSA) is 96.6 Å². The number of carbonyl (C=O) groups is 1. The molecule has 0 unspecified atom stereocenters. The molecular weight excluding hydrogens is 258 g/mol. The highest BCUT2D eigenvalue weighted by Gasteiger charge is 2.30. The lowest BCUT2D eigenvalue weighted by atomic mass is 10.1. The number of furan rings is 1. The molecule has 0 aliphatic carbocycles. The predicted octanol–water partition coefficient (Wildman–Crippen LogP) is 1.28. The van der Waals surface area contributed by atoms with Crippen molar-refractivity contribution in [3.8, 4) is 0 Å². The Kier molecular flexibility index (Phi) is 4.18. The first-order valence-corrected chi connectivity index (χ1v) is 6.95. The van der Waals surface area contributed by atoms with Gasteiger partial charge in [-0.3, -0.25) is 4.79 Å². The molecule has 1 aromatic heterocycles. The molecule has 0 bridgehead atoms. The summed E-state index contributed by atoms with van der Waals surface area (Å²) in [5, 5.41) is 8.98. The molecule has 18 heavy (non-hydrogen) atoms. The van der Waals surface area contributed by atoms with Crippen LogP contribution in [0, 0.1) is 19.8 Å². The maximum absolute atomic E-state index is 12.1. The predicted molar refractivity (Wildman–Crippen MR) is 64.8 cm³/mol. The molecule has 0 radical (unpaired) electrons. The minimum atomic E-state index is -3.88. The molecule has 0 saturated heterocycles. The van der Waals surface area contributed by atoms with Crippen LogP contribution in [0.5, 0.6) is 0 Å². The van der Waals surface area contributed by atoms with Gasteiger partial charge in [-0.05, 0) is 25.8 Å². The lowest BCUT2D eigenvalue weighted by molar-refractivity contribution is -0.140. The van der Waals surface area contributed by atoms with Crippen molar-refractivity contribution in [2.75, 3.05) is 0 Å². The lowest BCUT2D eigenvalue weighted by Gasteiger charge is -2.17. The Bertz CT molecular complexity index is 544. The average Bonchev–Trinajstić information content (AvgIpc) is 2.54. The van der Waals surface area contributed by atoms with Crippen molar-refractivity contribution >= 4 is 16.0 Å². The van der Waals surface area contributed by atoms with Crippen molar-refractivity contribution in [3.05, 3.63) is 17.6 Å². The second kappa shape index (κ2) is 5.11. The number of carboxylic acids is 1. The first-order chi connectivity index (χ1) is 8.15. The Morgan fingerprint density at radius 2 is 1.94 bits per heavy atom. The molecule has 102 valence electrons. The molecule has 0 aromatic carbocycles. The van der Waals surface area contributed by atoms with E-state index in [2.05, 4.69) is 4.72 Å².